The fraction of sp³-hybridized carbons (Fsp3) is 0.267. The van der Waals surface area contributed by atoms with Crippen molar-refractivity contribution in [3.05, 3.63) is 63.9 Å². The Morgan fingerprint density at radius 3 is 2.48 bits per heavy atom. The van der Waals surface area contributed by atoms with Crippen molar-refractivity contribution >= 4 is 23.2 Å². The van der Waals surface area contributed by atoms with Crippen LogP contribution < -0.4 is 4.57 Å². The maximum absolute atomic E-state index is 13.0. The predicted molar refractivity (Wildman–Crippen MR) is 76.5 cm³/mol. The van der Waals surface area contributed by atoms with Gasteiger partial charge in [-0.25, -0.2) is 0 Å². The Labute approximate surface area is 130 Å². The normalized spacial score (nSPS) is 13.2. The van der Waals surface area contributed by atoms with Crippen LogP contribution in [0.1, 0.15) is 24.2 Å². The summed E-state index contributed by atoms with van der Waals surface area (Å²) in [6.45, 7) is 1.72. The first-order chi connectivity index (χ1) is 9.79. The van der Waals surface area contributed by atoms with Crippen LogP contribution in [0.2, 0.25) is 10.0 Å². The molecule has 1 aromatic carbocycles. The van der Waals surface area contributed by atoms with Crippen molar-refractivity contribution in [3.63, 3.8) is 0 Å². The number of rotatable bonds is 3. The molecule has 0 bridgehead atoms. The minimum atomic E-state index is -4.39. The summed E-state index contributed by atoms with van der Waals surface area (Å²) in [5.41, 5.74) is 0.0839. The van der Waals surface area contributed by atoms with Crippen molar-refractivity contribution in [1.82, 2.24) is 0 Å². The van der Waals surface area contributed by atoms with Gasteiger partial charge in [-0.1, -0.05) is 29.3 Å². The summed E-state index contributed by atoms with van der Waals surface area (Å²) in [6.07, 6.45) is -2.58. The molecule has 0 saturated carbocycles. The SMILES string of the molecule is CC(Cc1ccc(Cl)cc1Cl)[n+]1ccccc1C(F)(F)F. The average molecular weight is 335 g/mol. The van der Waals surface area contributed by atoms with Crippen molar-refractivity contribution in [2.45, 2.75) is 25.6 Å². The van der Waals surface area contributed by atoms with Crippen molar-refractivity contribution < 1.29 is 17.7 Å². The van der Waals surface area contributed by atoms with Gasteiger partial charge in [-0.2, -0.15) is 17.7 Å². The van der Waals surface area contributed by atoms with E-state index in [0.29, 0.717) is 16.5 Å². The van der Waals surface area contributed by atoms with Crippen LogP contribution in [0.5, 0.6) is 0 Å². The second-order valence-corrected chi connectivity index (χ2v) is 5.62. The van der Waals surface area contributed by atoms with Gasteiger partial charge in [-0.15, -0.1) is 0 Å². The molecule has 21 heavy (non-hydrogen) atoms. The van der Waals surface area contributed by atoms with Crippen LogP contribution in [0, 0.1) is 0 Å². The van der Waals surface area contributed by atoms with Crippen molar-refractivity contribution in [2.24, 2.45) is 0 Å². The monoisotopic (exact) mass is 334 g/mol. The lowest BCUT2D eigenvalue weighted by atomic mass is 10.1. The third kappa shape index (κ3) is 3.89. The zero-order valence-corrected chi connectivity index (χ0v) is 12.7. The highest BCUT2D eigenvalue weighted by Crippen LogP contribution is 2.28. The zero-order valence-electron chi connectivity index (χ0n) is 11.2. The molecule has 0 aliphatic rings. The number of alkyl halides is 3. The van der Waals surface area contributed by atoms with Crippen LogP contribution in [0.25, 0.3) is 0 Å². The maximum Gasteiger partial charge on any atom is 0.477 e. The molecule has 1 unspecified atom stereocenters. The summed E-state index contributed by atoms with van der Waals surface area (Å²) in [4.78, 5) is 0. The van der Waals surface area contributed by atoms with Crippen LogP contribution >= 0.6 is 23.2 Å². The topological polar surface area (TPSA) is 3.88 Å². The highest BCUT2D eigenvalue weighted by Gasteiger charge is 2.41. The third-order valence-electron chi connectivity index (χ3n) is 3.19. The summed E-state index contributed by atoms with van der Waals surface area (Å²) in [5.74, 6) is 0. The first kappa shape index (κ1) is 16.1. The molecular formula is C15H13Cl2F3N+. The summed E-state index contributed by atoms with van der Waals surface area (Å²) in [6, 6.07) is 8.64. The van der Waals surface area contributed by atoms with Gasteiger partial charge in [0, 0.05) is 28.6 Å². The van der Waals surface area contributed by atoms with Crippen LogP contribution in [0.15, 0.2) is 42.6 Å². The van der Waals surface area contributed by atoms with Crippen LogP contribution in [-0.4, -0.2) is 0 Å². The number of hydrogen-bond acceptors (Lipinski definition) is 0. The van der Waals surface area contributed by atoms with Crippen molar-refractivity contribution in [3.8, 4) is 0 Å². The minimum Gasteiger partial charge on any atom is -0.192 e. The second kappa shape index (κ2) is 6.24. The van der Waals surface area contributed by atoms with Gasteiger partial charge >= 0.3 is 6.18 Å². The lowest BCUT2D eigenvalue weighted by Gasteiger charge is -2.13. The van der Waals surface area contributed by atoms with Gasteiger partial charge in [-0.3, -0.25) is 0 Å². The lowest BCUT2D eigenvalue weighted by Crippen LogP contribution is -2.45. The van der Waals surface area contributed by atoms with Gasteiger partial charge in [0.15, 0.2) is 12.2 Å². The predicted octanol–water partition coefficient (Wildman–Crippen LogP) is 5.10. The van der Waals surface area contributed by atoms with Gasteiger partial charge in [0.2, 0.25) is 0 Å². The average Bonchev–Trinajstić information content (AvgIpc) is 2.41. The van der Waals surface area contributed by atoms with E-state index >= 15 is 0 Å². The van der Waals surface area contributed by atoms with E-state index in [1.54, 1.807) is 31.2 Å². The quantitative estimate of drug-likeness (QED) is 0.687. The summed E-state index contributed by atoms with van der Waals surface area (Å²) in [7, 11) is 0. The lowest BCUT2D eigenvalue weighted by molar-refractivity contribution is -0.736. The Kier molecular flexibility index (Phi) is 4.79. The maximum atomic E-state index is 13.0. The van der Waals surface area contributed by atoms with Gasteiger partial charge in [0.1, 0.15) is 0 Å². The van der Waals surface area contributed by atoms with E-state index in [4.69, 9.17) is 23.2 Å². The fourth-order valence-corrected chi connectivity index (χ4v) is 2.67. The smallest absolute Gasteiger partial charge is 0.192 e. The van der Waals surface area contributed by atoms with Gasteiger partial charge in [0.05, 0.1) is 0 Å². The molecule has 1 nitrogen and oxygen atoms in total. The Morgan fingerprint density at radius 2 is 1.86 bits per heavy atom. The summed E-state index contributed by atoms with van der Waals surface area (Å²) >= 11 is 11.9. The molecule has 1 aromatic heterocycles. The third-order valence-corrected chi connectivity index (χ3v) is 3.77. The molecule has 2 rings (SSSR count). The van der Waals surface area contributed by atoms with Crippen LogP contribution in [0.4, 0.5) is 13.2 Å². The fourth-order valence-electron chi connectivity index (χ4n) is 2.18. The Bertz CT molecular complexity index is 641. The van der Waals surface area contributed by atoms with E-state index in [0.717, 1.165) is 11.6 Å². The summed E-state index contributed by atoms with van der Waals surface area (Å²) < 4.78 is 40.3. The molecule has 0 N–H and O–H groups in total. The number of benzene rings is 1. The number of halogens is 5. The zero-order chi connectivity index (χ0) is 15.6. The minimum absolute atomic E-state index is 0.383. The van der Waals surface area contributed by atoms with E-state index in [1.807, 2.05) is 0 Å². The van der Waals surface area contributed by atoms with E-state index in [1.165, 1.54) is 16.8 Å². The van der Waals surface area contributed by atoms with Crippen molar-refractivity contribution in [1.29, 1.82) is 0 Å². The number of nitrogens with zero attached hydrogens (tertiary/aromatic N) is 1. The molecule has 112 valence electrons. The van der Waals surface area contributed by atoms with E-state index in [-0.39, 0.29) is 6.04 Å². The Hall–Kier alpha value is -1.26. The number of hydrogen-bond donors (Lipinski definition) is 0. The van der Waals surface area contributed by atoms with Crippen molar-refractivity contribution in [2.75, 3.05) is 0 Å². The van der Waals surface area contributed by atoms with Gasteiger partial charge < -0.3 is 0 Å². The first-order valence-electron chi connectivity index (χ1n) is 6.30. The Balaban J connectivity index is 2.31. The summed E-state index contributed by atoms with van der Waals surface area (Å²) in [5, 5.41) is 0.958. The second-order valence-electron chi connectivity index (χ2n) is 4.78. The number of aromatic nitrogens is 1. The van der Waals surface area contributed by atoms with Gasteiger partial charge in [-0.05, 0) is 30.7 Å². The van der Waals surface area contributed by atoms with E-state index < -0.39 is 11.9 Å². The molecule has 0 aliphatic carbocycles. The van der Waals surface area contributed by atoms with Gasteiger partial charge in [0.25, 0.3) is 5.69 Å². The highest BCUT2D eigenvalue weighted by molar-refractivity contribution is 6.35. The van der Waals surface area contributed by atoms with E-state index in [2.05, 4.69) is 0 Å². The van der Waals surface area contributed by atoms with Crippen LogP contribution in [0.3, 0.4) is 0 Å². The Morgan fingerprint density at radius 1 is 1.14 bits per heavy atom. The van der Waals surface area contributed by atoms with Crippen LogP contribution in [-0.2, 0) is 12.6 Å². The molecule has 0 fully saturated rings. The molecule has 6 heteroatoms. The molecule has 0 saturated heterocycles. The molecule has 0 aliphatic heterocycles. The molecule has 2 aromatic rings. The molecule has 0 amide bonds. The highest BCUT2D eigenvalue weighted by atomic mass is 35.5. The molecule has 0 radical (unpaired) electrons. The molecular weight excluding hydrogens is 322 g/mol. The van der Waals surface area contributed by atoms with E-state index in [9.17, 15) is 13.2 Å². The molecule has 0 spiro atoms. The first-order valence-corrected chi connectivity index (χ1v) is 7.06. The molecule has 1 heterocycles. The number of pyridine rings is 1. The standard InChI is InChI=1S/C15H13Cl2F3N/c1-10(8-11-5-6-12(16)9-13(11)17)21-7-3-2-4-14(21)15(18,19)20/h2-7,9-10H,8H2,1H3/q+1. The largest absolute Gasteiger partial charge is 0.477 e. The molecule has 1 atom stereocenters.